The normalized spacial score (nSPS) is 31.8. The van der Waals surface area contributed by atoms with Gasteiger partial charge in [-0.25, -0.2) is 0 Å². The monoisotopic (exact) mass is 366 g/mol. The molecule has 4 aliphatic carbocycles. The standard InChI is InChI=1S/C22H23ClN2O/c23-19-2-1-7-24-21(19)15-3-5-16(6-4-15)22(26)25-20-17-9-13-8-14(11-17)12-18(20)10-13/h1-7,13-14,17-18,20H,8-12H2,(H,25,26). The molecule has 0 saturated heterocycles. The highest BCUT2D eigenvalue weighted by Crippen LogP contribution is 2.53. The Labute approximate surface area is 159 Å². The predicted molar refractivity (Wildman–Crippen MR) is 103 cm³/mol. The zero-order chi connectivity index (χ0) is 17.7. The molecule has 1 aromatic heterocycles. The van der Waals surface area contributed by atoms with Gasteiger partial charge in [-0.3, -0.25) is 9.78 Å². The average Bonchev–Trinajstić information content (AvgIpc) is 2.64. The summed E-state index contributed by atoms with van der Waals surface area (Å²) in [5.74, 6) is 3.30. The summed E-state index contributed by atoms with van der Waals surface area (Å²) in [5, 5.41) is 3.99. The Hall–Kier alpha value is -1.87. The van der Waals surface area contributed by atoms with Crippen LogP contribution in [-0.2, 0) is 0 Å². The molecule has 1 amide bonds. The van der Waals surface area contributed by atoms with Crippen molar-refractivity contribution in [3.63, 3.8) is 0 Å². The van der Waals surface area contributed by atoms with Gasteiger partial charge in [-0.1, -0.05) is 23.7 Å². The lowest BCUT2D eigenvalue weighted by Crippen LogP contribution is -2.55. The Morgan fingerprint density at radius 3 is 2.23 bits per heavy atom. The molecule has 3 nitrogen and oxygen atoms in total. The molecule has 0 unspecified atom stereocenters. The number of amides is 1. The minimum Gasteiger partial charge on any atom is -0.349 e. The number of nitrogens with zero attached hydrogens (tertiary/aromatic N) is 1. The lowest BCUT2D eigenvalue weighted by Gasteiger charge is -2.54. The van der Waals surface area contributed by atoms with Crippen LogP contribution in [0.2, 0.25) is 5.02 Å². The first kappa shape index (κ1) is 16.3. The summed E-state index contributed by atoms with van der Waals surface area (Å²) in [4.78, 5) is 17.1. The van der Waals surface area contributed by atoms with Crippen LogP contribution in [0, 0.1) is 23.7 Å². The van der Waals surface area contributed by atoms with Crippen LogP contribution in [0.3, 0.4) is 0 Å². The highest BCUT2D eigenvalue weighted by atomic mass is 35.5. The van der Waals surface area contributed by atoms with E-state index in [-0.39, 0.29) is 5.91 Å². The van der Waals surface area contributed by atoms with Crippen LogP contribution >= 0.6 is 11.6 Å². The zero-order valence-electron chi connectivity index (χ0n) is 14.7. The molecule has 0 atom stereocenters. The number of hydrogen-bond donors (Lipinski definition) is 1. The van der Waals surface area contributed by atoms with Crippen LogP contribution in [0.25, 0.3) is 11.3 Å². The zero-order valence-corrected chi connectivity index (χ0v) is 15.5. The molecule has 2 aromatic rings. The minimum atomic E-state index is 0.0566. The highest BCUT2D eigenvalue weighted by Gasteiger charge is 2.48. The van der Waals surface area contributed by atoms with Gasteiger partial charge in [0.25, 0.3) is 5.91 Å². The first-order valence-corrected chi connectivity index (χ1v) is 10.1. The summed E-state index contributed by atoms with van der Waals surface area (Å²) in [6.07, 6.45) is 8.42. The van der Waals surface area contributed by atoms with Crippen molar-refractivity contribution >= 4 is 17.5 Å². The quantitative estimate of drug-likeness (QED) is 0.834. The fraction of sp³-hybridized carbons (Fsp3) is 0.455. The number of hydrogen-bond acceptors (Lipinski definition) is 2. The Morgan fingerprint density at radius 2 is 1.62 bits per heavy atom. The van der Waals surface area contributed by atoms with Crippen LogP contribution in [0.15, 0.2) is 42.6 Å². The maximum Gasteiger partial charge on any atom is 0.251 e. The van der Waals surface area contributed by atoms with E-state index in [0.29, 0.717) is 22.9 Å². The highest BCUT2D eigenvalue weighted by molar-refractivity contribution is 6.33. The van der Waals surface area contributed by atoms with Gasteiger partial charge in [0.15, 0.2) is 0 Å². The summed E-state index contributed by atoms with van der Waals surface area (Å²) in [7, 11) is 0. The Balaban J connectivity index is 1.31. The van der Waals surface area contributed by atoms with E-state index in [2.05, 4.69) is 10.3 Å². The SMILES string of the molecule is O=C(NC1C2CC3CC(C2)CC1C3)c1ccc(-c2ncccc2Cl)cc1. The van der Waals surface area contributed by atoms with Crippen molar-refractivity contribution in [2.24, 2.45) is 23.7 Å². The van der Waals surface area contributed by atoms with Crippen LogP contribution < -0.4 is 5.32 Å². The lowest BCUT2D eigenvalue weighted by atomic mass is 9.54. The molecule has 134 valence electrons. The third-order valence-electron chi connectivity index (χ3n) is 6.70. The summed E-state index contributed by atoms with van der Waals surface area (Å²) in [6.45, 7) is 0. The summed E-state index contributed by atoms with van der Waals surface area (Å²) in [6, 6.07) is 11.6. The van der Waals surface area contributed by atoms with E-state index in [1.807, 2.05) is 36.4 Å². The van der Waals surface area contributed by atoms with Crippen molar-refractivity contribution in [2.45, 2.75) is 38.1 Å². The van der Waals surface area contributed by atoms with Gasteiger partial charge in [0, 0.05) is 23.4 Å². The largest absolute Gasteiger partial charge is 0.349 e. The molecular formula is C22H23ClN2O. The van der Waals surface area contributed by atoms with Crippen LogP contribution in [0.5, 0.6) is 0 Å². The molecule has 4 bridgehead atoms. The third kappa shape index (κ3) is 2.83. The maximum atomic E-state index is 12.8. The van der Waals surface area contributed by atoms with Gasteiger partial charge < -0.3 is 5.32 Å². The summed E-state index contributed by atoms with van der Waals surface area (Å²) >= 11 is 6.22. The number of aromatic nitrogens is 1. The fourth-order valence-corrected chi connectivity index (χ4v) is 6.00. The molecule has 4 aliphatic rings. The Morgan fingerprint density at radius 1 is 0.962 bits per heavy atom. The molecule has 26 heavy (non-hydrogen) atoms. The smallest absolute Gasteiger partial charge is 0.251 e. The van der Waals surface area contributed by atoms with E-state index < -0.39 is 0 Å². The molecule has 1 N–H and O–H groups in total. The number of carbonyl (C=O) groups excluding carboxylic acids is 1. The maximum absolute atomic E-state index is 12.8. The van der Waals surface area contributed by atoms with Gasteiger partial charge in [-0.2, -0.15) is 0 Å². The Kier molecular flexibility index (Phi) is 4.00. The van der Waals surface area contributed by atoms with Crippen LogP contribution in [-0.4, -0.2) is 16.9 Å². The van der Waals surface area contributed by atoms with Gasteiger partial charge in [0.05, 0.1) is 10.7 Å². The second-order valence-electron chi connectivity index (χ2n) is 8.34. The lowest BCUT2D eigenvalue weighted by molar-refractivity contribution is -0.0119. The minimum absolute atomic E-state index is 0.0566. The number of benzene rings is 1. The van der Waals surface area contributed by atoms with Gasteiger partial charge in [-0.05, 0) is 80.0 Å². The van der Waals surface area contributed by atoms with Gasteiger partial charge >= 0.3 is 0 Å². The molecule has 1 heterocycles. The van der Waals surface area contributed by atoms with Crippen LogP contribution in [0.4, 0.5) is 0 Å². The molecule has 0 aliphatic heterocycles. The van der Waals surface area contributed by atoms with Crippen molar-refractivity contribution in [3.8, 4) is 11.3 Å². The number of halogens is 1. The predicted octanol–water partition coefficient (Wildman–Crippen LogP) is 4.96. The molecule has 4 saturated carbocycles. The number of carbonyl (C=O) groups is 1. The van der Waals surface area contributed by atoms with E-state index in [1.165, 1.54) is 32.1 Å². The van der Waals surface area contributed by atoms with Gasteiger partial charge in [-0.15, -0.1) is 0 Å². The van der Waals surface area contributed by atoms with E-state index in [9.17, 15) is 4.79 Å². The van der Waals surface area contributed by atoms with Gasteiger partial charge in [0.2, 0.25) is 0 Å². The molecule has 0 radical (unpaired) electrons. The first-order valence-electron chi connectivity index (χ1n) is 9.69. The topological polar surface area (TPSA) is 42.0 Å². The van der Waals surface area contributed by atoms with Crippen molar-refractivity contribution in [1.29, 1.82) is 0 Å². The van der Waals surface area contributed by atoms with Crippen molar-refractivity contribution in [1.82, 2.24) is 10.3 Å². The van der Waals surface area contributed by atoms with Crippen molar-refractivity contribution in [3.05, 3.63) is 53.2 Å². The average molecular weight is 367 g/mol. The van der Waals surface area contributed by atoms with Crippen molar-refractivity contribution < 1.29 is 4.79 Å². The number of nitrogens with one attached hydrogen (secondary N) is 1. The van der Waals surface area contributed by atoms with Gasteiger partial charge in [0.1, 0.15) is 0 Å². The second kappa shape index (κ2) is 6.38. The number of pyridine rings is 1. The molecule has 4 fully saturated rings. The third-order valence-corrected chi connectivity index (χ3v) is 7.01. The number of rotatable bonds is 3. The van der Waals surface area contributed by atoms with Crippen LogP contribution in [0.1, 0.15) is 42.5 Å². The first-order chi connectivity index (χ1) is 12.7. The molecule has 1 aromatic carbocycles. The van der Waals surface area contributed by atoms with E-state index in [4.69, 9.17) is 11.6 Å². The van der Waals surface area contributed by atoms with Crippen molar-refractivity contribution in [2.75, 3.05) is 0 Å². The second-order valence-corrected chi connectivity index (χ2v) is 8.75. The fourth-order valence-electron chi connectivity index (χ4n) is 5.77. The molecular weight excluding hydrogens is 344 g/mol. The van der Waals surface area contributed by atoms with E-state index >= 15 is 0 Å². The summed E-state index contributed by atoms with van der Waals surface area (Å²) in [5.41, 5.74) is 2.40. The summed E-state index contributed by atoms with van der Waals surface area (Å²) < 4.78 is 0. The molecule has 6 rings (SSSR count). The molecule has 4 heteroatoms. The Bertz CT molecular complexity index is 804. The van der Waals surface area contributed by atoms with E-state index in [0.717, 1.165) is 28.7 Å². The molecule has 0 spiro atoms. The van der Waals surface area contributed by atoms with E-state index in [1.54, 1.807) is 6.20 Å².